The first-order valence-corrected chi connectivity index (χ1v) is 9.07. The van der Waals surface area contributed by atoms with Crippen LogP contribution in [0.5, 0.6) is 0 Å². The molecule has 1 fully saturated rings. The van der Waals surface area contributed by atoms with Crippen molar-refractivity contribution in [2.24, 2.45) is 0 Å². The number of likely N-dealkylation sites (tertiary alicyclic amines) is 1. The molecule has 1 N–H and O–H groups in total. The van der Waals surface area contributed by atoms with Crippen LogP contribution in [0.1, 0.15) is 53.0 Å². The third-order valence-electron chi connectivity index (χ3n) is 4.69. The van der Waals surface area contributed by atoms with Crippen molar-refractivity contribution >= 4 is 17.5 Å². The standard InChI is InChI=1S/C18H23N3O2.C2H6/c1-17(2,3)23-16(22)21-9-7-18(8-10-21)12-20-15-11-13(19-4)5-6-14(15)18;1-2/h5-6,11,20H,7-10,12H2,1-3H3;1-2H3. The molecule has 1 aromatic carbocycles. The summed E-state index contributed by atoms with van der Waals surface area (Å²) in [6, 6.07) is 5.89. The molecule has 2 heterocycles. The molecule has 25 heavy (non-hydrogen) atoms. The first-order valence-electron chi connectivity index (χ1n) is 9.07. The molecule has 0 aromatic heterocycles. The van der Waals surface area contributed by atoms with Gasteiger partial charge in [0.05, 0.1) is 6.57 Å². The van der Waals surface area contributed by atoms with Gasteiger partial charge in [-0.15, -0.1) is 0 Å². The number of rotatable bonds is 0. The lowest BCUT2D eigenvalue weighted by Gasteiger charge is -2.39. The highest BCUT2D eigenvalue weighted by Crippen LogP contribution is 2.45. The van der Waals surface area contributed by atoms with Gasteiger partial charge >= 0.3 is 6.09 Å². The summed E-state index contributed by atoms with van der Waals surface area (Å²) in [4.78, 5) is 17.5. The van der Waals surface area contributed by atoms with E-state index in [1.54, 1.807) is 0 Å². The van der Waals surface area contributed by atoms with Crippen LogP contribution in [0.4, 0.5) is 16.2 Å². The molecule has 3 rings (SSSR count). The summed E-state index contributed by atoms with van der Waals surface area (Å²) in [5, 5.41) is 3.44. The number of piperidine rings is 1. The average molecular weight is 343 g/mol. The molecule has 0 radical (unpaired) electrons. The van der Waals surface area contributed by atoms with Gasteiger partial charge in [0, 0.05) is 30.7 Å². The fourth-order valence-corrected chi connectivity index (χ4v) is 3.46. The van der Waals surface area contributed by atoms with Gasteiger partial charge in [0.25, 0.3) is 0 Å². The number of benzene rings is 1. The Morgan fingerprint density at radius 3 is 2.48 bits per heavy atom. The highest BCUT2D eigenvalue weighted by atomic mass is 16.6. The second-order valence-electron chi connectivity index (χ2n) is 7.44. The molecule has 5 heteroatoms. The van der Waals surface area contributed by atoms with Gasteiger partial charge in [-0.25, -0.2) is 9.64 Å². The molecule has 2 aliphatic rings. The van der Waals surface area contributed by atoms with Gasteiger partial charge in [-0.1, -0.05) is 26.0 Å². The van der Waals surface area contributed by atoms with Crippen molar-refractivity contribution in [1.82, 2.24) is 4.90 Å². The highest BCUT2D eigenvalue weighted by Gasteiger charge is 2.42. The normalized spacial score (nSPS) is 17.7. The second kappa shape index (κ2) is 7.35. The Labute approximate surface area is 151 Å². The van der Waals surface area contributed by atoms with Crippen molar-refractivity contribution in [1.29, 1.82) is 0 Å². The Morgan fingerprint density at radius 1 is 1.28 bits per heavy atom. The fourth-order valence-electron chi connectivity index (χ4n) is 3.46. The van der Waals surface area contributed by atoms with Crippen molar-refractivity contribution in [3.05, 3.63) is 35.2 Å². The molecule has 0 unspecified atom stereocenters. The van der Waals surface area contributed by atoms with E-state index in [-0.39, 0.29) is 11.5 Å². The first kappa shape index (κ1) is 19.1. The average Bonchev–Trinajstić information content (AvgIpc) is 2.93. The maximum Gasteiger partial charge on any atom is 0.410 e. The van der Waals surface area contributed by atoms with E-state index in [0.717, 1.165) is 25.1 Å². The van der Waals surface area contributed by atoms with Crippen LogP contribution in [0.2, 0.25) is 0 Å². The number of carbonyl (C=O) groups is 1. The van der Waals surface area contributed by atoms with E-state index >= 15 is 0 Å². The zero-order chi connectivity index (χ0) is 18.7. The zero-order valence-electron chi connectivity index (χ0n) is 16.0. The summed E-state index contributed by atoms with van der Waals surface area (Å²) in [6.45, 7) is 19.1. The van der Waals surface area contributed by atoms with Gasteiger partial charge < -0.3 is 15.0 Å². The number of hydrogen-bond donors (Lipinski definition) is 1. The number of anilines is 1. The van der Waals surface area contributed by atoms with Crippen LogP contribution in [0.25, 0.3) is 4.85 Å². The van der Waals surface area contributed by atoms with Crippen molar-refractivity contribution in [3.8, 4) is 0 Å². The second-order valence-corrected chi connectivity index (χ2v) is 7.44. The zero-order valence-corrected chi connectivity index (χ0v) is 16.0. The van der Waals surface area contributed by atoms with E-state index in [1.165, 1.54) is 5.56 Å². The Bertz CT molecular complexity index is 662. The maximum atomic E-state index is 12.2. The van der Waals surface area contributed by atoms with E-state index in [4.69, 9.17) is 11.3 Å². The van der Waals surface area contributed by atoms with E-state index in [2.05, 4.69) is 16.2 Å². The molecule has 1 spiro atoms. The largest absolute Gasteiger partial charge is 0.444 e. The van der Waals surface area contributed by atoms with Crippen LogP contribution in [-0.2, 0) is 10.2 Å². The topological polar surface area (TPSA) is 45.9 Å². The number of hydrogen-bond acceptors (Lipinski definition) is 3. The molecule has 136 valence electrons. The number of nitrogens with one attached hydrogen (secondary N) is 1. The van der Waals surface area contributed by atoms with Gasteiger partial charge in [-0.2, -0.15) is 0 Å². The third-order valence-corrected chi connectivity index (χ3v) is 4.69. The Balaban J connectivity index is 0.00000109. The van der Waals surface area contributed by atoms with E-state index in [9.17, 15) is 4.79 Å². The molecule has 0 aliphatic carbocycles. The third kappa shape index (κ3) is 4.07. The van der Waals surface area contributed by atoms with Gasteiger partial charge in [0.1, 0.15) is 5.60 Å². The van der Waals surface area contributed by atoms with Crippen LogP contribution in [0.3, 0.4) is 0 Å². The van der Waals surface area contributed by atoms with Crippen molar-refractivity contribution in [3.63, 3.8) is 0 Å². The van der Waals surface area contributed by atoms with Crippen LogP contribution in [0, 0.1) is 6.57 Å². The lowest BCUT2D eigenvalue weighted by Crippen LogP contribution is -2.47. The minimum Gasteiger partial charge on any atom is -0.444 e. The molecule has 5 nitrogen and oxygen atoms in total. The summed E-state index contributed by atoms with van der Waals surface area (Å²) in [6.07, 6.45) is 1.62. The van der Waals surface area contributed by atoms with Crippen LogP contribution >= 0.6 is 0 Å². The minimum absolute atomic E-state index is 0.0778. The highest BCUT2D eigenvalue weighted by molar-refractivity contribution is 5.70. The van der Waals surface area contributed by atoms with E-state index in [1.807, 2.05) is 51.7 Å². The molecule has 1 aromatic rings. The summed E-state index contributed by atoms with van der Waals surface area (Å²) in [7, 11) is 0. The van der Waals surface area contributed by atoms with Crippen LogP contribution < -0.4 is 5.32 Å². The number of ether oxygens (including phenoxy) is 1. The van der Waals surface area contributed by atoms with Gasteiger partial charge in [0.2, 0.25) is 0 Å². The molecule has 2 aliphatic heterocycles. The molecular formula is C20H29N3O2. The van der Waals surface area contributed by atoms with Crippen molar-refractivity contribution in [2.45, 2.75) is 58.5 Å². The molecular weight excluding hydrogens is 314 g/mol. The Hall–Kier alpha value is -2.22. The fraction of sp³-hybridized carbons (Fsp3) is 0.600. The molecule has 1 amide bonds. The smallest absolute Gasteiger partial charge is 0.410 e. The van der Waals surface area contributed by atoms with E-state index in [0.29, 0.717) is 18.8 Å². The Morgan fingerprint density at radius 2 is 1.92 bits per heavy atom. The monoisotopic (exact) mass is 343 g/mol. The quantitative estimate of drug-likeness (QED) is 0.677. The number of fused-ring (bicyclic) bond motifs is 2. The van der Waals surface area contributed by atoms with Gasteiger partial charge in [-0.05, 0) is 45.2 Å². The number of carbonyl (C=O) groups excluding carboxylic acids is 1. The summed E-state index contributed by atoms with van der Waals surface area (Å²) < 4.78 is 5.47. The predicted octanol–water partition coefficient (Wildman–Crippen LogP) is 4.96. The lowest BCUT2D eigenvalue weighted by atomic mass is 9.74. The van der Waals surface area contributed by atoms with Crippen LogP contribution in [-0.4, -0.2) is 36.2 Å². The van der Waals surface area contributed by atoms with Gasteiger partial charge in [-0.3, -0.25) is 0 Å². The first-order chi connectivity index (χ1) is 11.8. The van der Waals surface area contributed by atoms with Crippen molar-refractivity contribution < 1.29 is 9.53 Å². The molecule has 0 saturated carbocycles. The Kier molecular flexibility index (Phi) is 5.62. The van der Waals surface area contributed by atoms with Gasteiger partial charge in [0.15, 0.2) is 5.69 Å². The molecule has 0 bridgehead atoms. The predicted molar refractivity (Wildman–Crippen MR) is 101 cm³/mol. The summed E-state index contributed by atoms with van der Waals surface area (Å²) >= 11 is 0. The summed E-state index contributed by atoms with van der Waals surface area (Å²) in [5.74, 6) is 0. The SMILES string of the molecule is CC.[C-]#[N+]c1ccc2c(c1)NCC21CCN(C(=O)OC(C)(C)C)CC1. The van der Waals surface area contributed by atoms with Crippen LogP contribution in [0.15, 0.2) is 18.2 Å². The minimum atomic E-state index is -0.454. The van der Waals surface area contributed by atoms with Crippen molar-refractivity contribution in [2.75, 3.05) is 25.0 Å². The number of amides is 1. The molecule has 1 saturated heterocycles. The molecule has 0 atom stereocenters. The lowest BCUT2D eigenvalue weighted by molar-refractivity contribution is 0.0172. The summed E-state index contributed by atoms with van der Waals surface area (Å²) in [5.41, 5.74) is 2.65. The maximum absolute atomic E-state index is 12.2. The van der Waals surface area contributed by atoms with E-state index < -0.39 is 5.60 Å². The number of nitrogens with zero attached hydrogens (tertiary/aromatic N) is 2.